The zero-order valence-electron chi connectivity index (χ0n) is 11.3. The highest BCUT2D eigenvalue weighted by Gasteiger charge is 2.68. The van der Waals surface area contributed by atoms with E-state index < -0.39 is 36.2 Å². The van der Waals surface area contributed by atoms with Gasteiger partial charge in [-0.05, 0) is 0 Å². The van der Waals surface area contributed by atoms with Gasteiger partial charge in [-0.25, -0.2) is 9.37 Å². The lowest BCUT2D eigenvalue weighted by Crippen LogP contribution is -2.45. The summed E-state index contributed by atoms with van der Waals surface area (Å²) in [5.74, 6) is -1.23. The zero-order chi connectivity index (χ0) is 15.7. The standard InChI is InChI=1S/C12H13F2N5O3/c13-5-1-11(3-20)6(21)2-12(5,22-11)19-4-16-7-8(14)17-10(15)18-9(7)19/h4-6,20-21H,1-3H2,(H2,15,17,18)/t5?,6?,11-,12-/m1/s1. The number of hydrogen-bond acceptors (Lipinski definition) is 7. The minimum atomic E-state index is -1.59. The number of halogens is 2. The maximum Gasteiger partial charge on any atom is 0.245 e. The molecule has 0 saturated carbocycles. The molecule has 2 bridgehead atoms. The summed E-state index contributed by atoms with van der Waals surface area (Å²) in [6.07, 6.45) is -1.66. The van der Waals surface area contributed by atoms with E-state index in [1.165, 1.54) is 10.9 Å². The van der Waals surface area contributed by atoms with Gasteiger partial charge in [-0.1, -0.05) is 0 Å². The normalized spacial score (nSPS) is 37.3. The number of aliphatic hydroxyl groups excluding tert-OH is 2. The van der Waals surface area contributed by atoms with Gasteiger partial charge < -0.3 is 20.7 Å². The third-order valence-electron chi connectivity index (χ3n) is 4.53. The molecule has 8 nitrogen and oxygen atoms in total. The van der Waals surface area contributed by atoms with Crippen molar-refractivity contribution in [2.24, 2.45) is 0 Å². The Labute approximate surface area is 122 Å². The number of nitrogen functional groups attached to an aromatic ring is 1. The van der Waals surface area contributed by atoms with E-state index in [0.717, 1.165) is 0 Å². The molecule has 2 aliphatic rings. The quantitative estimate of drug-likeness (QED) is 0.637. The molecule has 0 amide bonds. The van der Waals surface area contributed by atoms with Crippen LogP contribution in [-0.4, -0.2) is 54.2 Å². The summed E-state index contributed by atoms with van der Waals surface area (Å²) in [5.41, 5.74) is 2.29. The molecule has 2 unspecified atom stereocenters. The fourth-order valence-corrected chi connectivity index (χ4v) is 3.42. The third-order valence-corrected chi connectivity index (χ3v) is 4.53. The van der Waals surface area contributed by atoms with Gasteiger partial charge in [-0.15, -0.1) is 0 Å². The number of ether oxygens (including phenoxy) is 1. The van der Waals surface area contributed by atoms with Gasteiger partial charge in [0, 0.05) is 12.8 Å². The summed E-state index contributed by atoms with van der Waals surface area (Å²) in [6, 6.07) is 0. The highest BCUT2D eigenvalue weighted by Crippen LogP contribution is 2.55. The number of anilines is 1. The third kappa shape index (κ3) is 1.46. The van der Waals surface area contributed by atoms with Crippen LogP contribution in [0.15, 0.2) is 6.33 Å². The Balaban J connectivity index is 1.92. The predicted molar refractivity (Wildman–Crippen MR) is 68.7 cm³/mol. The van der Waals surface area contributed by atoms with Crippen molar-refractivity contribution in [2.75, 3.05) is 12.3 Å². The van der Waals surface area contributed by atoms with E-state index in [0.29, 0.717) is 0 Å². The fourth-order valence-electron chi connectivity index (χ4n) is 3.42. The van der Waals surface area contributed by atoms with Gasteiger partial charge in [-0.3, -0.25) is 4.57 Å². The largest absolute Gasteiger partial charge is 0.393 e. The lowest BCUT2D eigenvalue weighted by molar-refractivity contribution is -0.135. The molecular weight excluding hydrogens is 300 g/mol. The van der Waals surface area contributed by atoms with E-state index in [4.69, 9.17) is 10.5 Å². The van der Waals surface area contributed by atoms with E-state index in [-0.39, 0.29) is 30.0 Å². The molecule has 0 radical (unpaired) electrons. The predicted octanol–water partition coefficient (Wildman–Crippen LogP) is -0.546. The maximum atomic E-state index is 14.6. The zero-order valence-corrected chi connectivity index (χ0v) is 11.3. The van der Waals surface area contributed by atoms with Crippen LogP contribution in [0.2, 0.25) is 0 Å². The molecule has 4 rings (SSSR count). The van der Waals surface area contributed by atoms with Crippen LogP contribution in [0.3, 0.4) is 0 Å². The molecule has 2 saturated heterocycles. The highest BCUT2D eigenvalue weighted by atomic mass is 19.1. The van der Waals surface area contributed by atoms with Crippen molar-refractivity contribution < 1.29 is 23.7 Å². The summed E-state index contributed by atoms with van der Waals surface area (Å²) in [4.78, 5) is 11.1. The monoisotopic (exact) mass is 313 g/mol. The first-order valence-corrected chi connectivity index (χ1v) is 6.71. The smallest absolute Gasteiger partial charge is 0.245 e. The number of nitrogens with two attached hydrogens (primary N) is 1. The van der Waals surface area contributed by atoms with Crippen LogP contribution in [0.5, 0.6) is 0 Å². The molecule has 118 valence electrons. The molecule has 2 aromatic heterocycles. The molecule has 4 N–H and O–H groups in total. The Morgan fingerprint density at radius 1 is 1.45 bits per heavy atom. The van der Waals surface area contributed by atoms with Gasteiger partial charge in [0.05, 0.1) is 19.0 Å². The van der Waals surface area contributed by atoms with Gasteiger partial charge in [0.15, 0.2) is 23.1 Å². The van der Waals surface area contributed by atoms with E-state index in [9.17, 15) is 19.0 Å². The van der Waals surface area contributed by atoms with Crippen molar-refractivity contribution >= 4 is 17.1 Å². The number of rotatable bonds is 2. The van der Waals surface area contributed by atoms with Crippen LogP contribution in [0.4, 0.5) is 14.7 Å². The Morgan fingerprint density at radius 2 is 2.23 bits per heavy atom. The van der Waals surface area contributed by atoms with Crippen molar-refractivity contribution in [3.05, 3.63) is 12.3 Å². The minimum absolute atomic E-state index is 0.0181. The molecule has 10 heteroatoms. The first-order valence-electron chi connectivity index (χ1n) is 6.71. The Bertz CT molecular complexity index is 771. The average molecular weight is 313 g/mol. The lowest BCUT2D eigenvalue weighted by Gasteiger charge is -2.30. The molecule has 4 heterocycles. The van der Waals surface area contributed by atoms with E-state index in [1.807, 2.05) is 0 Å². The highest BCUT2D eigenvalue weighted by molar-refractivity contribution is 5.71. The fraction of sp³-hybridized carbons (Fsp3) is 0.583. The van der Waals surface area contributed by atoms with Crippen molar-refractivity contribution in [2.45, 2.75) is 36.4 Å². The molecule has 0 aromatic carbocycles. The first-order chi connectivity index (χ1) is 10.4. The maximum absolute atomic E-state index is 14.6. The Kier molecular flexibility index (Phi) is 2.55. The van der Waals surface area contributed by atoms with Crippen LogP contribution >= 0.6 is 0 Å². The van der Waals surface area contributed by atoms with Gasteiger partial charge >= 0.3 is 0 Å². The number of imidazole rings is 1. The molecular formula is C12H13F2N5O3. The van der Waals surface area contributed by atoms with E-state index >= 15 is 0 Å². The summed E-state index contributed by atoms with van der Waals surface area (Å²) < 4.78 is 35.3. The van der Waals surface area contributed by atoms with Crippen molar-refractivity contribution in [1.82, 2.24) is 19.5 Å². The summed E-state index contributed by atoms with van der Waals surface area (Å²) in [6.45, 7) is -0.519. The topological polar surface area (TPSA) is 119 Å². The van der Waals surface area contributed by atoms with Crippen LogP contribution in [0.1, 0.15) is 12.8 Å². The number of fused-ring (bicyclic) bond motifs is 3. The van der Waals surface area contributed by atoms with Crippen LogP contribution in [0, 0.1) is 5.95 Å². The van der Waals surface area contributed by atoms with E-state index in [2.05, 4.69) is 15.0 Å². The number of aromatic nitrogens is 4. The van der Waals surface area contributed by atoms with Gasteiger partial charge in [0.2, 0.25) is 11.9 Å². The SMILES string of the molecule is Nc1nc(F)c2ncn([C@@]34CC(O)[C@](CO)(CC3F)O4)c2n1. The van der Waals surface area contributed by atoms with Crippen molar-refractivity contribution in [3.8, 4) is 0 Å². The molecule has 2 aliphatic heterocycles. The summed E-state index contributed by atoms with van der Waals surface area (Å²) in [7, 11) is 0. The molecule has 2 fully saturated rings. The summed E-state index contributed by atoms with van der Waals surface area (Å²) in [5, 5.41) is 19.6. The second-order valence-corrected chi connectivity index (χ2v) is 5.72. The Hall–Kier alpha value is -1.91. The number of nitrogens with zero attached hydrogens (tertiary/aromatic N) is 4. The van der Waals surface area contributed by atoms with Crippen LogP contribution in [-0.2, 0) is 10.5 Å². The Morgan fingerprint density at radius 3 is 2.91 bits per heavy atom. The van der Waals surface area contributed by atoms with Gasteiger partial charge in [0.1, 0.15) is 5.60 Å². The van der Waals surface area contributed by atoms with Crippen LogP contribution < -0.4 is 5.73 Å². The number of hydrogen-bond donors (Lipinski definition) is 3. The molecule has 0 spiro atoms. The lowest BCUT2D eigenvalue weighted by atomic mass is 9.82. The van der Waals surface area contributed by atoms with Crippen molar-refractivity contribution in [1.29, 1.82) is 0 Å². The summed E-state index contributed by atoms with van der Waals surface area (Å²) >= 11 is 0. The second kappa shape index (κ2) is 4.09. The first kappa shape index (κ1) is 13.7. The van der Waals surface area contributed by atoms with Gasteiger partial charge in [0.25, 0.3) is 0 Å². The molecule has 4 atom stereocenters. The molecule has 22 heavy (non-hydrogen) atoms. The van der Waals surface area contributed by atoms with Crippen LogP contribution in [0.25, 0.3) is 11.2 Å². The number of aliphatic hydroxyl groups is 2. The molecule has 2 aromatic rings. The van der Waals surface area contributed by atoms with Crippen molar-refractivity contribution in [3.63, 3.8) is 0 Å². The van der Waals surface area contributed by atoms with Gasteiger partial charge in [-0.2, -0.15) is 14.4 Å². The second-order valence-electron chi connectivity index (χ2n) is 5.72. The average Bonchev–Trinajstić information content (AvgIpc) is 3.07. The minimum Gasteiger partial charge on any atom is -0.393 e. The van der Waals surface area contributed by atoms with E-state index in [1.54, 1.807) is 0 Å². The number of alkyl halides is 1. The molecule has 0 aliphatic carbocycles.